The topological polar surface area (TPSA) is 129 Å². The third-order valence-corrected chi connectivity index (χ3v) is 2.97. The van der Waals surface area contributed by atoms with E-state index < -0.39 is 17.0 Å². The maximum Gasteiger partial charge on any atom is 0.354 e. The molecule has 0 heterocycles. The number of hydrogen-bond donors (Lipinski definition) is 1. The summed E-state index contributed by atoms with van der Waals surface area (Å²) in [5.74, 6) is -0.813. The molecule has 0 fully saturated rings. The lowest BCUT2D eigenvalue weighted by molar-refractivity contribution is -0.384. The molecule has 1 rings (SSSR count). The van der Waals surface area contributed by atoms with Gasteiger partial charge in [0.25, 0.3) is 5.69 Å². The zero-order valence-corrected chi connectivity index (χ0v) is 16.1. The van der Waals surface area contributed by atoms with Crippen molar-refractivity contribution in [3.05, 3.63) is 34.4 Å². The second kappa shape index (κ2) is 13.2. The molecule has 1 N–H and O–H groups in total. The van der Waals surface area contributed by atoms with E-state index in [1.54, 1.807) is 20.8 Å². The number of nitrogens with zero attached hydrogens (tertiary/aromatic N) is 2. The van der Waals surface area contributed by atoms with Gasteiger partial charge in [-0.05, 0) is 39.8 Å². The van der Waals surface area contributed by atoms with Crippen molar-refractivity contribution in [3.63, 3.8) is 0 Å². The zero-order chi connectivity index (χ0) is 20.8. The Hall–Kier alpha value is -3.01. The molecule has 1 aromatic carbocycles. The predicted molar refractivity (Wildman–Crippen MR) is 99.6 cm³/mol. The number of methoxy groups -OCH3 is 1. The standard InChI is InChI=1S/C11H13N3O4.C6H12O3/c1-3-18-11(15)8(2)12-13-9-4-6-10(7-5-9)14(16)17;1-4-9-6(7)5(2)8-3/h4-7,13H,3H2,1-2H3;5H,4H2,1-3H3. The largest absolute Gasteiger partial charge is 0.464 e. The average molecular weight is 383 g/mol. The van der Waals surface area contributed by atoms with E-state index in [0.29, 0.717) is 12.3 Å². The summed E-state index contributed by atoms with van der Waals surface area (Å²) < 4.78 is 14.1. The first-order valence-corrected chi connectivity index (χ1v) is 8.18. The van der Waals surface area contributed by atoms with Crippen LogP contribution in [0.25, 0.3) is 0 Å². The number of anilines is 1. The van der Waals surface area contributed by atoms with E-state index in [9.17, 15) is 19.7 Å². The van der Waals surface area contributed by atoms with Crippen LogP contribution in [-0.4, -0.2) is 49.0 Å². The summed E-state index contributed by atoms with van der Waals surface area (Å²) in [7, 11) is 1.47. The number of benzene rings is 1. The van der Waals surface area contributed by atoms with Gasteiger partial charge >= 0.3 is 11.9 Å². The van der Waals surface area contributed by atoms with Crippen molar-refractivity contribution in [2.75, 3.05) is 25.7 Å². The van der Waals surface area contributed by atoms with Gasteiger partial charge < -0.3 is 14.2 Å². The number of hydrazone groups is 1. The lowest BCUT2D eigenvalue weighted by Gasteiger charge is -2.06. The number of non-ortho nitro benzene ring substituents is 1. The van der Waals surface area contributed by atoms with Gasteiger partial charge in [0.15, 0.2) is 6.10 Å². The lowest BCUT2D eigenvalue weighted by atomic mass is 10.3. The Morgan fingerprint density at radius 1 is 1.19 bits per heavy atom. The Bertz CT molecular complexity index is 644. The van der Waals surface area contributed by atoms with E-state index in [4.69, 9.17) is 4.74 Å². The predicted octanol–water partition coefficient (Wildman–Crippen LogP) is 2.53. The first-order chi connectivity index (χ1) is 12.8. The Morgan fingerprint density at radius 2 is 1.74 bits per heavy atom. The lowest BCUT2D eigenvalue weighted by Crippen LogP contribution is -2.21. The summed E-state index contributed by atoms with van der Waals surface area (Å²) >= 11 is 0. The highest BCUT2D eigenvalue weighted by atomic mass is 16.6. The van der Waals surface area contributed by atoms with Crippen molar-refractivity contribution in [2.45, 2.75) is 33.8 Å². The van der Waals surface area contributed by atoms with Crippen molar-refractivity contribution < 1.29 is 28.7 Å². The smallest absolute Gasteiger partial charge is 0.354 e. The van der Waals surface area contributed by atoms with Gasteiger partial charge in [-0.15, -0.1) is 0 Å². The summed E-state index contributed by atoms with van der Waals surface area (Å²) in [6, 6.07) is 5.69. The van der Waals surface area contributed by atoms with Crippen molar-refractivity contribution in [1.29, 1.82) is 0 Å². The average Bonchev–Trinajstić information content (AvgIpc) is 2.66. The van der Waals surface area contributed by atoms with Gasteiger partial charge in [-0.1, -0.05) is 0 Å². The number of rotatable bonds is 8. The van der Waals surface area contributed by atoms with E-state index in [2.05, 4.69) is 20.0 Å². The van der Waals surface area contributed by atoms with Gasteiger partial charge in [-0.25, -0.2) is 9.59 Å². The third kappa shape index (κ3) is 9.90. The van der Waals surface area contributed by atoms with Gasteiger partial charge in [0, 0.05) is 19.2 Å². The maximum atomic E-state index is 11.2. The van der Waals surface area contributed by atoms with Crippen molar-refractivity contribution in [1.82, 2.24) is 0 Å². The number of carbonyl (C=O) groups excluding carboxylic acids is 2. The molecule has 27 heavy (non-hydrogen) atoms. The number of ether oxygens (including phenoxy) is 3. The fourth-order valence-corrected chi connectivity index (χ4v) is 1.44. The molecule has 0 saturated carbocycles. The number of nitro benzene ring substituents is 1. The molecule has 10 nitrogen and oxygen atoms in total. The number of hydrogen-bond acceptors (Lipinski definition) is 9. The fourth-order valence-electron chi connectivity index (χ4n) is 1.44. The molecule has 0 saturated heterocycles. The van der Waals surface area contributed by atoms with E-state index >= 15 is 0 Å². The van der Waals surface area contributed by atoms with E-state index in [1.807, 2.05) is 0 Å². The van der Waals surface area contributed by atoms with Crippen LogP contribution in [0.1, 0.15) is 27.7 Å². The van der Waals surface area contributed by atoms with Crippen LogP contribution in [0.2, 0.25) is 0 Å². The van der Waals surface area contributed by atoms with Crippen molar-refractivity contribution in [2.24, 2.45) is 5.10 Å². The van der Waals surface area contributed by atoms with E-state index in [-0.39, 0.29) is 24.0 Å². The quantitative estimate of drug-likeness (QED) is 0.314. The first kappa shape index (κ1) is 24.0. The molecule has 0 aromatic heterocycles. The van der Waals surface area contributed by atoms with Crippen LogP contribution in [0.15, 0.2) is 29.4 Å². The van der Waals surface area contributed by atoms with E-state index in [0.717, 1.165) is 0 Å². The Morgan fingerprint density at radius 3 is 2.19 bits per heavy atom. The molecule has 0 radical (unpaired) electrons. The molecule has 0 aliphatic heterocycles. The number of nitrogens with one attached hydrogen (secondary N) is 1. The Balaban J connectivity index is 0.000000636. The molecule has 0 amide bonds. The van der Waals surface area contributed by atoms with Crippen LogP contribution in [0.4, 0.5) is 11.4 Å². The van der Waals surface area contributed by atoms with Gasteiger partial charge in [0.1, 0.15) is 5.71 Å². The molecular formula is C17H25N3O7. The maximum absolute atomic E-state index is 11.2. The molecule has 10 heteroatoms. The van der Waals surface area contributed by atoms with E-state index in [1.165, 1.54) is 38.3 Å². The minimum atomic E-state index is -0.507. The first-order valence-electron chi connectivity index (χ1n) is 8.18. The van der Waals surface area contributed by atoms with Gasteiger partial charge in [-0.3, -0.25) is 15.5 Å². The summed E-state index contributed by atoms with van der Waals surface area (Å²) in [6.45, 7) is 7.32. The zero-order valence-electron chi connectivity index (χ0n) is 16.1. The molecule has 150 valence electrons. The normalized spacial score (nSPS) is 11.5. The van der Waals surface area contributed by atoms with Crippen LogP contribution in [0, 0.1) is 10.1 Å². The van der Waals surface area contributed by atoms with Crippen LogP contribution in [0.3, 0.4) is 0 Å². The second-order valence-corrected chi connectivity index (χ2v) is 4.96. The van der Waals surface area contributed by atoms with Crippen LogP contribution in [-0.2, 0) is 23.8 Å². The molecule has 0 bridgehead atoms. The molecule has 1 atom stereocenters. The number of nitro groups is 1. The second-order valence-electron chi connectivity index (χ2n) is 4.96. The fraction of sp³-hybridized carbons (Fsp3) is 0.471. The number of esters is 2. The SMILES string of the molecule is CCOC(=O)C(C)=NNc1ccc([N+](=O)[O-])cc1.CCOC(=O)C(C)OC. The Labute approximate surface area is 157 Å². The van der Waals surface area contributed by atoms with Gasteiger partial charge in [0.05, 0.1) is 23.8 Å². The van der Waals surface area contributed by atoms with Gasteiger partial charge in [0.2, 0.25) is 0 Å². The molecule has 1 unspecified atom stereocenters. The monoisotopic (exact) mass is 383 g/mol. The summed E-state index contributed by atoms with van der Waals surface area (Å²) in [5, 5.41) is 14.2. The van der Waals surface area contributed by atoms with Crippen molar-refractivity contribution >= 4 is 29.0 Å². The minimum absolute atomic E-state index is 0.00774. The minimum Gasteiger partial charge on any atom is -0.464 e. The summed E-state index contributed by atoms with van der Waals surface area (Å²) in [5.41, 5.74) is 3.33. The molecule has 0 aliphatic carbocycles. The third-order valence-electron chi connectivity index (χ3n) is 2.97. The molecule has 1 aromatic rings. The van der Waals surface area contributed by atoms with Crippen LogP contribution < -0.4 is 5.43 Å². The van der Waals surface area contributed by atoms with Gasteiger partial charge in [-0.2, -0.15) is 5.10 Å². The van der Waals surface area contributed by atoms with Crippen LogP contribution in [0.5, 0.6) is 0 Å². The highest BCUT2D eigenvalue weighted by molar-refractivity contribution is 6.35. The summed E-state index contributed by atoms with van der Waals surface area (Å²) in [4.78, 5) is 31.8. The number of carbonyl (C=O) groups is 2. The molecule has 0 spiro atoms. The highest BCUT2D eigenvalue weighted by Crippen LogP contribution is 2.15. The van der Waals surface area contributed by atoms with Crippen molar-refractivity contribution in [3.8, 4) is 0 Å². The molecule has 0 aliphatic rings. The summed E-state index contributed by atoms with van der Waals surface area (Å²) in [6.07, 6.45) is -0.440. The molecular weight excluding hydrogens is 358 g/mol. The highest BCUT2D eigenvalue weighted by Gasteiger charge is 2.10. The van der Waals surface area contributed by atoms with Crippen LogP contribution >= 0.6 is 0 Å². The Kier molecular flexibility index (Phi) is 11.8.